The molecule has 0 saturated heterocycles. The lowest BCUT2D eigenvalue weighted by atomic mass is 9.89. The van der Waals surface area contributed by atoms with Gasteiger partial charge in [-0.25, -0.2) is 0 Å². The molecule has 0 bridgehead atoms. The Kier molecular flexibility index (Phi) is 5.72. The summed E-state index contributed by atoms with van der Waals surface area (Å²) in [7, 11) is 3.92. The topological polar surface area (TPSA) is 90.5 Å². The zero-order chi connectivity index (χ0) is 21.1. The van der Waals surface area contributed by atoms with Crippen molar-refractivity contribution in [1.82, 2.24) is 20.4 Å². The zero-order valence-corrected chi connectivity index (χ0v) is 17.1. The molecule has 1 amide bonds. The predicted octanol–water partition coefficient (Wildman–Crippen LogP) is 3.08. The molecular formula is C23H26N4O3. The summed E-state index contributed by atoms with van der Waals surface area (Å²) < 4.78 is 6.25. The van der Waals surface area contributed by atoms with Crippen LogP contribution in [0.3, 0.4) is 0 Å². The monoisotopic (exact) mass is 406 g/mol. The number of benzene rings is 2. The van der Waals surface area contributed by atoms with Crippen molar-refractivity contribution in [2.75, 3.05) is 20.6 Å². The van der Waals surface area contributed by atoms with Crippen molar-refractivity contribution in [2.45, 2.75) is 25.0 Å². The number of aromatic hydroxyl groups is 1. The van der Waals surface area contributed by atoms with Crippen LogP contribution in [-0.4, -0.2) is 58.9 Å². The van der Waals surface area contributed by atoms with Crippen LogP contribution in [0.25, 0.3) is 22.0 Å². The summed E-state index contributed by atoms with van der Waals surface area (Å²) in [4.78, 5) is 14.0. The fourth-order valence-electron chi connectivity index (χ4n) is 3.52. The van der Waals surface area contributed by atoms with Crippen LogP contribution in [0.4, 0.5) is 0 Å². The second-order valence-corrected chi connectivity index (χ2v) is 7.93. The standard InChI is InChI=1S/C23H26N4O3/c1-27(2)9-3-4-23(29)25-17-12-19(13-17)30-22-11-16(10-21-20(22)14-24-26-21)15-5-7-18(28)8-6-15/h3-8,10-11,14,17,19,28H,9,12-13H2,1-2H3,(H,24,26)(H,25,29)/b4-3+/t17-,19-. The number of phenols is 1. The van der Waals surface area contributed by atoms with E-state index >= 15 is 0 Å². The molecule has 0 spiro atoms. The van der Waals surface area contributed by atoms with Gasteiger partial charge in [-0.3, -0.25) is 9.89 Å². The van der Waals surface area contributed by atoms with Gasteiger partial charge >= 0.3 is 0 Å². The largest absolute Gasteiger partial charge is 0.508 e. The fourth-order valence-corrected chi connectivity index (χ4v) is 3.52. The van der Waals surface area contributed by atoms with Gasteiger partial charge in [-0.15, -0.1) is 0 Å². The molecule has 156 valence electrons. The summed E-state index contributed by atoms with van der Waals surface area (Å²) in [5, 5.41) is 20.6. The van der Waals surface area contributed by atoms with E-state index in [1.165, 1.54) is 0 Å². The predicted molar refractivity (Wildman–Crippen MR) is 116 cm³/mol. The van der Waals surface area contributed by atoms with Gasteiger partial charge in [-0.05, 0) is 49.5 Å². The molecular weight excluding hydrogens is 380 g/mol. The Bertz CT molecular complexity index is 1050. The SMILES string of the molecule is CN(C)C/C=C/C(=O)N[C@H]1C[C@H](Oc2cc(-c3ccc(O)cc3)cc3[nH]ncc23)C1. The highest BCUT2D eigenvalue weighted by Gasteiger charge is 2.32. The van der Waals surface area contributed by atoms with Crippen molar-refractivity contribution in [3.63, 3.8) is 0 Å². The molecule has 0 unspecified atom stereocenters. The van der Waals surface area contributed by atoms with Gasteiger partial charge < -0.3 is 20.1 Å². The molecule has 7 nitrogen and oxygen atoms in total. The maximum absolute atomic E-state index is 12.0. The average molecular weight is 406 g/mol. The first-order valence-corrected chi connectivity index (χ1v) is 10.0. The van der Waals surface area contributed by atoms with E-state index in [-0.39, 0.29) is 23.8 Å². The molecule has 3 N–H and O–H groups in total. The molecule has 0 radical (unpaired) electrons. The highest BCUT2D eigenvalue weighted by molar-refractivity contribution is 5.90. The molecule has 1 aliphatic rings. The number of aromatic amines is 1. The number of phenolic OH excluding ortho intramolecular Hbond substituents is 1. The molecule has 0 atom stereocenters. The maximum Gasteiger partial charge on any atom is 0.243 e. The van der Waals surface area contributed by atoms with Crippen LogP contribution in [0.5, 0.6) is 11.5 Å². The van der Waals surface area contributed by atoms with E-state index in [4.69, 9.17) is 4.74 Å². The Morgan fingerprint density at radius 3 is 2.77 bits per heavy atom. The number of H-pyrrole nitrogens is 1. The van der Waals surface area contributed by atoms with Crippen molar-refractivity contribution >= 4 is 16.8 Å². The maximum atomic E-state index is 12.0. The van der Waals surface area contributed by atoms with Gasteiger partial charge in [0.25, 0.3) is 0 Å². The van der Waals surface area contributed by atoms with E-state index in [0.717, 1.165) is 47.2 Å². The number of nitrogens with one attached hydrogen (secondary N) is 2. The Morgan fingerprint density at radius 1 is 1.27 bits per heavy atom. The number of amides is 1. The number of carbonyl (C=O) groups is 1. The zero-order valence-electron chi connectivity index (χ0n) is 17.1. The molecule has 30 heavy (non-hydrogen) atoms. The van der Waals surface area contributed by atoms with Crippen LogP contribution in [0.2, 0.25) is 0 Å². The van der Waals surface area contributed by atoms with Gasteiger partial charge in [0.05, 0.1) is 17.1 Å². The number of fused-ring (bicyclic) bond motifs is 1. The van der Waals surface area contributed by atoms with Crippen molar-refractivity contribution in [3.05, 3.63) is 54.7 Å². The summed E-state index contributed by atoms with van der Waals surface area (Å²) >= 11 is 0. The fraction of sp³-hybridized carbons (Fsp3) is 0.304. The summed E-state index contributed by atoms with van der Waals surface area (Å²) in [6.45, 7) is 0.738. The smallest absolute Gasteiger partial charge is 0.243 e. The third-order valence-electron chi connectivity index (χ3n) is 5.20. The van der Waals surface area contributed by atoms with Crippen molar-refractivity contribution < 1.29 is 14.6 Å². The van der Waals surface area contributed by atoms with Crippen LogP contribution >= 0.6 is 0 Å². The quantitative estimate of drug-likeness (QED) is 0.525. The molecule has 0 aliphatic heterocycles. The number of aromatic nitrogens is 2. The second-order valence-electron chi connectivity index (χ2n) is 7.93. The van der Waals surface area contributed by atoms with Gasteiger partial charge in [0.1, 0.15) is 17.6 Å². The highest BCUT2D eigenvalue weighted by atomic mass is 16.5. The lowest BCUT2D eigenvalue weighted by molar-refractivity contribution is -0.118. The second kappa shape index (κ2) is 8.59. The molecule has 4 rings (SSSR count). The van der Waals surface area contributed by atoms with Crippen LogP contribution in [0.15, 0.2) is 54.7 Å². The van der Waals surface area contributed by atoms with Crippen LogP contribution in [0.1, 0.15) is 12.8 Å². The Labute approximate surface area is 175 Å². The number of likely N-dealkylation sites (N-methyl/N-ethyl adjacent to an activating group) is 1. The minimum Gasteiger partial charge on any atom is -0.508 e. The molecule has 2 aromatic carbocycles. The van der Waals surface area contributed by atoms with E-state index in [1.807, 2.05) is 49.3 Å². The molecule has 1 aliphatic carbocycles. The van der Waals surface area contributed by atoms with Gasteiger partial charge in [0.2, 0.25) is 5.91 Å². The van der Waals surface area contributed by atoms with Crippen LogP contribution in [-0.2, 0) is 4.79 Å². The molecule has 3 aromatic rings. The van der Waals surface area contributed by atoms with Crippen LogP contribution < -0.4 is 10.1 Å². The first-order valence-electron chi connectivity index (χ1n) is 10.0. The minimum absolute atomic E-state index is 0.0502. The first-order chi connectivity index (χ1) is 14.5. The third kappa shape index (κ3) is 4.63. The van der Waals surface area contributed by atoms with Gasteiger partial charge in [-0.1, -0.05) is 18.2 Å². The first kappa shape index (κ1) is 20.0. The van der Waals surface area contributed by atoms with Gasteiger partial charge in [-0.2, -0.15) is 5.10 Å². The number of nitrogens with zero attached hydrogens (tertiary/aromatic N) is 2. The number of hydrogen-bond acceptors (Lipinski definition) is 5. The summed E-state index contributed by atoms with van der Waals surface area (Å²) in [6.07, 6.45) is 6.80. The molecule has 1 saturated carbocycles. The average Bonchev–Trinajstić information content (AvgIpc) is 3.15. The molecule has 7 heteroatoms. The Hall–Kier alpha value is -3.32. The Balaban J connectivity index is 1.40. The minimum atomic E-state index is -0.0631. The van der Waals surface area contributed by atoms with Crippen molar-refractivity contribution in [3.8, 4) is 22.6 Å². The van der Waals surface area contributed by atoms with E-state index < -0.39 is 0 Å². The lowest BCUT2D eigenvalue weighted by Crippen LogP contribution is -2.48. The van der Waals surface area contributed by atoms with E-state index in [1.54, 1.807) is 24.4 Å². The van der Waals surface area contributed by atoms with E-state index in [2.05, 4.69) is 15.5 Å². The number of hydrogen-bond donors (Lipinski definition) is 3. The number of carbonyl (C=O) groups excluding carboxylic acids is 1. The molecule has 1 fully saturated rings. The van der Waals surface area contributed by atoms with Gasteiger partial charge in [0, 0.05) is 31.5 Å². The van der Waals surface area contributed by atoms with Crippen LogP contribution in [0, 0.1) is 0 Å². The third-order valence-corrected chi connectivity index (χ3v) is 5.20. The number of rotatable bonds is 7. The Morgan fingerprint density at radius 2 is 2.03 bits per heavy atom. The summed E-state index contributed by atoms with van der Waals surface area (Å²) in [6, 6.07) is 11.2. The number of ether oxygens (including phenoxy) is 1. The van der Waals surface area contributed by atoms with Crippen molar-refractivity contribution in [2.24, 2.45) is 0 Å². The lowest BCUT2D eigenvalue weighted by Gasteiger charge is -2.35. The normalized spacial score (nSPS) is 18.6. The van der Waals surface area contributed by atoms with Crippen molar-refractivity contribution in [1.29, 1.82) is 0 Å². The van der Waals surface area contributed by atoms with E-state index in [0.29, 0.717) is 0 Å². The molecule has 1 aromatic heterocycles. The van der Waals surface area contributed by atoms with Gasteiger partial charge in [0.15, 0.2) is 0 Å². The van der Waals surface area contributed by atoms with E-state index in [9.17, 15) is 9.90 Å². The molecule has 1 heterocycles. The highest BCUT2D eigenvalue weighted by Crippen LogP contribution is 2.35. The summed E-state index contributed by atoms with van der Waals surface area (Å²) in [5.74, 6) is 0.939. The summed E-state index contributed by atoms with van der Waals surface area (Å²) in [5.41, 5.74) is 2.86.